The number of fused-ring (bicyclic) bond motifs is 1. The predicted octanol–water partition coefficient (Wildman–Crippen LogP) is 0.766. The van der Waals surface area contributed by atoms with Crippen molar-refractivity contribution >= 4 is 56.0 Å². The van der Waals surface area contributed by atoms with Gasteiger partial charge in [0.15, 0.2) is 16.1 Å². The van der Waals surface area contributed by atoms with E-state index in [-0.39, 0.29) is 22.3 Å². The summed E-state index contributed by atoms with van der Waals surface area (Å²) in [5, 5.41) is 1.06. The van der Waals surface area contributed by atoms with Crippen LogP contribution >= 0.6 is 22.7 Å². The Labute approximate surface area is 205 Å². The number of aliphatic imine (C=N–C) groups is 1. The number of carbonyl (C=O) groups is 2. The molecule has 1 aromatic heterocycles. The number of nitrogens with zero attached hydrogens (tertiary/aromatic N) is 6. The first-order chi connectivity index (χ1) is 16.5. The summed E-state index contributed by atoms with van der Waals surface area (Å²) in [7, 11) is 1.14. The van der Waals surface area contributed by atoms with Crippen LogP contribution in [0.2, 0.25) is 0 Å². The van der Waals surface area contributed by atoms with Crippen molar-refractivity contribution in [2.45, 2.75) is 19.0 Å². The third-order valence-electron chi connectivity index (χ3n) is 5.76. The van der Waals surface area contributed by atoms with Gasteiger partial charge in [-0.1, -0.05) is 22.7 Å². The van der Waals surface area contributed by atoms with E-state index in [4.69, 9.17) is 9.47 Å². The van der Waals surface area contributed by atoms with E-state index in [2.05, 4.69) is 24.8 Å². The fraction of sp³-hybridized carbons (Fsp3) is 0.500. The van der Waals surface area contributed by atoms with Crippen molar-refractivity contribution < 1.29 is 19.1 Å². The maximum absolute atomic E-state index is 13.0. The molecule has 0 atom stereocenters. The molecule has 4 aliphatic heterocycles. The van der Waals surface area contributed by atoms with Crippen LogP contribution < -0.4 is 4.90 Å². The Morgan fingerprint density at radius 1 is 1.06 bits per heavy atom. The van der Waals surface area contributed by atoms with Gasteiger partial charge in [0.2, 0.25) is 0 Å². The molecule has 10 nitrogen and oxygen atoms in total. The highest BCUT2D eigenvalue weighted by Gasteiger charge is 2.36. The molecule has 2 fully saturated rings. The first-order valence-corrected chi connectivity index (χ1v) is 13.0. The number of Topliss-reactive ketones (excluding diaryl/α,β-unsaturated/α-hetero) is 1. The smallest absolute Gasteiger partial charge is 0.278 e. The minimum Gasteiger partial charge on any atom is -0.378 e. The Balaban J connectivity index is 1.31. The molecule has 0 radical (unpaired) electrons. The first-order valence-electron chi connectivity index (χ1n) is 11.2. The van der Waals surface area contributed by atoms with Crippen LogP contribution in [0.3, 0.4) is 0 Å². The molecule has 12 heteroatoms. The number of hydrogen-bond acceptors (Lipinski definition) is 10. The van der Waals surface area contributed by atoms with Gasteiger partial charge in [-0.3, -0.25) is 14.5 Å². The zero-order valence-electron chi connectivity index (χ0n) is 19.2. The number of rotatable bonds is 5. The zero-order chi connectivity index (χ0) is 23.7. The maximum Gasteiger partial charge on any atom is 0.278 e. The highest BCUT2D eigenvalue weighted by Crippen LogP contribution is 2.24. The van der Waals surface area contributed by atoms with Crippen molar-refractivity contribution in [3.63, 3.8) is 0 Å². The Hall–Kier alpha value is -2.54. The quantitative estimate of drug-likeness (QED) is 0.328. The lowest BCUT2D eigenvalue weighted by Gasteiger charge is -2.32. The fourth-order valence-electron chi connectivity index (χ4n) is 4.01. The van der Waals surface area contributed by atoms with Gasteiger partial charge >= 0.3 is 0 Å². The molecule has 5 heterocycles. The molecule has 180 valence electrons. The molecule has 0 aliphatic carbocycles. The molecule has 0 bridgehead atoms. The lowest BCUT2D eigenvalue weighted by Crippen LogP contribution is -2.44. The highest BCUT2D eigenvalue weighted by atomic mass is 32.2. The largest absolute Gasteiger partial charge is 0.378 e. The van der Waals surface area contributed by atoms with Crippen molar-refractivity contribution in [3.8, 4) is 0 Å². The summed E-state index contributed by atoms with van der Waals surface area (Å²) >= 11 is 1.25. The second-order valence-electron chi connectivity index (χ2n) is 8.17. The number of aryl methyl sites for hydroxylation is 1. The SMILES string of the molecule is CC1=CC(N2CCOCC2)=NC2=S=C(C(=O)CSc3nc(C)cc(N4CCOCC4)n3)C(=O)N12. The minimum absolute atomic E-state index is 0.0873. The molecule has 1 aromatic rings. The van der Waals surface area contributed by atoms with Crippen molar-refractivity contribution in [1.29, 1.82) is 0 Å². The van der Waals surface area contributed by atoms with Gasteiger partial charge < -0.3 is 19.3 Å². The molecule has 5 rings (SSSR count). The van der Waals surface area contributed by atoms with Crippen LogP contribution in [0.15, 0.2) is 28.0 Å². The number of allylic oxidation sites excluding steroid dienone is 1. The number of hydrogen-bond donors (Lipinski definition) is 0. The zero-order valence-corrected chi connectivity index (χ0v) is 20.8. The Kier molecular flexibility index (Phi) is 6.82. The van der Waals surface area contributed by atoms with E-state index in [1.807, 2.05) is 26.0 Å². The summed E-state index contributed by atoms with van der Waals surface area (Å²) in [5.74, 6) is 1.17. The number of aromatic nitrogens is 2. The van der Waals surface area contributed by atoms with E-state index in [9.17, 15) is 9.59 Å². The second-order valence-corrected chi connectivity index (χ2v) is 10.1. The van der Waals surface area contributed by atoms with E-state index in [0.717, 1.165) is 60.2 Å². The molecule has 0 saturated carbocycles. The van der Waals surface area contributed by atoms with E-state index >= 15 is 0 Å². The molecule has 2 saturated heterocycles. The van der Waals surface area contributed by atoms with Crippen LogP contribution in [0, 0.1) is 6.92 Å². The average Bonchev–Trinajstić information content (AvgIpc) is 3.20. The molecule has 1 amide bonds. The molecule has 34 heavy (non-hydrogen) atoms. The van der Waals surface area contributed by atoms with E-state index in [1.165, 1.54) is 16.7 Å². The minimum atomic E-state index is -0.316. The third kappa shape index (κ3) is 4.81. The van der Waals surface area contributed by atoms with Crippen LogP contribution in [0.1, 0.15) is 12.6 Å². The van der Waals surface area contributed by atoms with Crippen LogP contribution in [-0.4, -0.2) is 106 Å². The Morgan fingerprint density at radius 2 is 1.74 bits per heavy atom. The molecule has 4 aliphatic rings. The Morgan fingerprint density at radius 3 is 2.44 bits per heavy atom. The molecule has 0 unspecified atom stereocenters. The number of ketones is 1. The average molecular weight is 503 g/mol. The summed E-state index contributed by atoms with van der Waals surface area (Å²) < 4.78 is 10.8. The van der Waals surface area contributed by atoms with Crippen LogP contribution in [-0.2, 0) is 19.1 Å². The number of carbonyl (C=O) groups excluding carboxylic acids is 2. The van der Waals surface area contributed by atoms with Crippen molar-refractivity contribution in [2.24, 2.45) is 4.99 Å². The number of anilines is 1. The molecule has 0 N–H and O–H groups in total. The van der Waals surface area contributed by atoms with Gasteiger partial charge in [0.05, 0.1) is 32.2 Å². The first kappa shape index (κ1) is 23.2. The van der Waals surface area contributed by atoms with Crippen LogP contribution in [0.5, 0.6) is 0 Å². The molecular formula is C22H26N6O4S2. The van der Waals surface area contributed by atoms with Gasteiger partial charge in [-0.25, -0.2) is 15.0 Å². The number of thioether (sulfide) groups is 1. The molecule has 0 aromatic carbocycles. The van der Waals surface area contributed by atoms with Crippen molar-refractivity contribution in [2.75, 3.05) is 63.3 Å². The number of ether oxygens (including phenoxy) is 2. The van der Waals surface area contributed by atoms with Gasteiger partial charge in [0, 0.05) is 49.7 Å². The second kappa shape index (κ2) is 9.98. The van der Waals surface area contributed by atoms with Gasteiger partial charge in [0.25, 0.3) is 5.91 Å². The van der Waals surface area contributed by atoms with E-state index < -0.39 is 0 Å². The lowest BCUT2D eigenvalue weighted by atomic mass is 10.2. The summed E-state index contributed by atoms with van der Waals surface area (Å²) in [6.45, 7) is 9.47. The predicted molar refractivity (Wildman–Crippen MR) is 134 cm³/mol. The monoisotopic (exact) mass is 502 g/mol. The van der Waals surface area contributed by atoms with E-state index in [0.29, 0.717) is 36.7 Å². The van der Waals surface area contributed by atoms with Crippen molar-refractivity contribution in [1.82, 2.24) is 19.8 Å². The fourth-order valence-corrected chi connectivity index (χ4v) is 5.87. The normalized spacial score (nSPS) is 20.8. The summed E-state index contributed by atoms with van der Waals surface area (Å²) in [6, 6.07) is 1.94. The van der Waals surface area contributed by atoms with Crippen LogP contribution in [0.25, 0.3) is 0 Å². The van der Waals surface area contributed by atoms with Gasteiger partial charge in [-0.05, 0) is 13.8 Å². The number of morpholine rings is 2. The van der Waals surface area contributed by atoms with Gasteiger partial charge in [-0.15, -0.1) is 0 Å². The Bertz CT molecular complexity index is 1150. The number of amidine groups is 1. The molecule has 0 spiro atoms. The standard InChI is InChI=1S/C22H26N6O4S2/c1-14-11-17(26-3-7-31-8-4-26)24-21(23-14)33-13-16(29)19-20(30)28-15(2)12-18(25-22(28)34-19)27-5-9-32-10-6-27/h11-12H,3-10,13H2,1-2H3. The molecular weight excluding hydrogens is 476 g/mol. The summed E-state index contributed by atoms with van der Waals surface area (Å²) in [6.07, 6.45) is 1.89. The number of amides is 1. The summed E-state index contributed by atoms with van der Waals surface area (Å²) in [5.41, 5.74) is 1.60. The third-order valence-corrected chi connectivity index (χ3v) is 7.67. The highest BCUT2D eigenvalue weighted by molar-refractivity contribution is 8.03. The van der Waals surface area contributed by atoms with Crippen molar-refractivity contribution in [3.05, 3.63) is 23.5 Å². The van der Waals surface area contributed by atoms with Gasteiger partial charge in [-0.2, -0.15) is 0 Å². The van der Waals surface area contributed by atoms with E-state index in [1.54, 1.807) is 0 Å². The van der Waals surface area contributed by atoms with Gasteiger partial charge in [0.1, 0.15) is 16.5 Å². The van der Waals surface area contributed by atoms with Crippen LogP contribution in [0.4, 0.5) is 5.82 Å². The lowest BCUT2D eigenvalue weighted by molar-refractivity contribution is -0.120. The summed E-state index contributed by atoms with van der Waals surface area (Å²) in [4.78, 5) is 45.8. The maximum atomic E-state index is 13.0. The topological polar surface area (TPSA) is 100 Å².